The van der Waals surface area contributed by atoms with E-state index in [1.165, 1.54) is 12.1 Å². The van der Waals surface area contributed by atoms with Crippen molar-refractivity contribution in [2.24, 2.45) is 0 Å². The van der Waals surface area contributed by atoms with Crippen LogP contribution in [0.5, 0.6) is 0 Å². The number of hydrogen-bond donors (Lipinski definition) is 2. The standard InChI is InChI=1S/C16H24N2O5S/c1-11-6-7-12(24(5,21)22)10-13(11)14(19)17-8-9-18-15(20)23-16(2,3)4/h6-7,10H,8-9H2,1-5H3,(H,17,19)(H,18,20). The number of sulfone groups is 1. The Kier molecular flexibility index (Phi) is 6.36. The highest BCUT2D eigenvalue weighted by molar-refractivity contribution is 7.90. The van der Waals surface area contributed by atoms with E-state index in [2.05, 4.69) is 10.6 Å². The molecule has 24 heavy (non-hydrogen) atoms. The summed E-state index contributed by atoms with van der Waals surface area (Å²) >= 11 is 0. The van der Waals surface area contributed by atoms with Gasteiger partial charge in [0.05, 0.1) is 4.90 Å². The molecule has 0 aromatic heterocycles. The first-order valence-corrected chi connectivity index (χ1v) is 9.35. The molecular formula is C16H24N2O5S. The van der Waals surface area contributed by atoms with Crippen LogP contribution in [-0.2, 0) is 14.6 Å². The van der Waals surface area contributed by atoms with Crippen molar-refractivity contribution in [3.05, 3.63) is 29.3 Å². The molecule has 0 saturated carbocycles. The van der Waals surface area contributed by atoms with Crippen molar-refractivity contribution in [3.63, 3.8) is 0 Å². The first-order valence-electron chi connectivity index (χ1n) is 7.46. The summed E-state index contributed by atoms with van der Waals surface area (Å²) in [6, 6.07) is 4.40. The van der Waals surface area contributed by atoms with E-state index in [0.717, 1.165) is 6.26 Å². The number of rotatable bonds is 5. The van der Waals surface area contributed by atoms with E-state index in [0.29, 0.717) is 5.56 Å². The van der Waals surface area contributed by atoms with E-state index in [9.17, 15) is 18.0 Å². The highest BCUT2D eigenvalue weighted by atomic mass is 32.2. The second-order valence-electron chi connectivity index (χ2n) is 6.43. The molecule has 0 heterocycles. The van der Waals surface area contributed by atoms with Gasteiger partial charge in [-0.1, -0.05) is 6.07 Å². The van der Waals surface area contributed by atoms with Crippen LogP contribution in [-0.4, -0.2) is 45.4 Å². The van der Waals surface area contributed by atoms with Crippen molar-refractivity contribution in [2.75, 3.05) is 19.3 Å². The molecule has 1 rings (SSSR count). The SMILES string of the molecule is Cc1ccc(S(C)(=O)=O)cc1C(=O)NCCNC(=O)OC(C)(C)C. The molecule has 0 fully saturated rings. The fourth-order valence-corrected chi connectivity index (χ4v) is 2.47. The first kappa shape index (κ1) is 20.0. The number of amides is 2. The molecule has 0 unspecified atom stereocenters. The lowest BCUT2D eigenvalue weighted by molar-refractivity contribution is 0.0526. The largest absolute Gasteiger partial charge is 0.444 e. The molecule has 1 aromatic carbocycles. The van der Waals surface area contributed by atoms with Crippen molar-refractivity contribution in [1.82, 2.24) is 10.6 Å². The highest BCUT2D eigenvalue weighted by Gasteiger charge is 2.16. The van der Waals surface area contributed by atoms with Gasteiger partial charge in [0, 0.05) is 24.9 Å². The zero-order valence-electron chi connectivity index (χ0n) is 14.6. The van der Waals surface area contributed by atoms with E-state index < -0.39 is 27.4 Å². The quantitative estimate of drug-likeness (QED) is 0.781. The van der Waals surface area contributed by atoms with Gasteiger partial charge in [-0.3, -0.25) is 4.79 Å². The molecule has 0 aliphatic carbocycles. The molecule has 0 spiro atoms. The third-order valence-electron chi connectivity index (χ3n) is 2.96. The van der Waals surface area contributed by atoms with Gasteiger partial charge >= 0.3 is 6.09 Å². The molecule has 7 nitrogen and oxygen atoms in total. The monoisotopic (exact) mass is 356 g/mol. The summed E-state index contributed by atoms with van der Waals surface area (Å²) in [6.45, 7) is 7.38. The van der Waals surface area contributed by atoms with Crippen LogP contribution in [0.2, 0.25) is 0 Å². The lowest BCUT2D eigenvalue weighted by Crippen LogP contribution is -2.38. The van der Waals surface area contributed by atoms with Crippen LogP contribution in [0.4, 0.5) is 4.79 Å². The Labute approximate surface area is 142 Å². The van der Waals surface area contributed by atoms with Crippen molar-refractivity contribution in [1.29, 1.82) is 0 Å². The van der Waals surface area contributed by atoms with Crippen molar-refractivity contribution >= 4 is 21.8 Å². The molecule has 0 saturated heterocycles. The summed E-state index contributed by atoms with van der Waals surface area (Å²) in [5, 5.41) is 5.16. The predicted octanol–water partition coefficient (Wildman–Crippen LogP) is 1.65. The van der Waals surface area contributed by atoms with E-state index >= 15 is 0 Å². The highest BCUT2D eigenvalue weighted by Crippen LogP contribution is 2.15. The van der Waals surface area contributed by atoms with E-state index in [-0.39, 0.29) is 23.5 Å². The van der Waals surface area contributed by atoms with Crippen LogP contribution in [0, 0.1) is 6.92 Å². The van der Waals surface area contributed by atoms with Crippen LogP contribution in [0.1, 0.15) is 36.7 Å². The Bertz CT molecular complexity index is 720. The number of benzene rings is 1. The number of nitrogens with one attached hydrogen (secondary N) is 2. The average Bonchev–Trinajstić information content (AvgIpc) is 2.40. The molecule has 0 aliphatic heterocycles. The van der Waals surface area contributed by atoms with Gasteiger partial charge in [0.1, 0.15) is 5.60 Å². The molecule has 1 aromatic rings. The van der Waals surface area contributed by atoms with Gasteiger partial charge in [-0.2, -0.15) is 0 Å². The minimum Gasteiger partial charge on any atom is -0.444 e. The molecule has 134 valence electrons. The number of alkyl carbamates (subject to hydrolysis) is 1. The van der Waals surface area contributed by atoms with Crippen molar-refractivity contribution < 1.29 is 22.7 Å². The minimum absolute atomic E-state index is 0.0881. The minimum atomic E-state index is -3.38. The van der Waals surface area contributed by atoms with Gasteiger partial charge in [-0.05, 0) is 45.4 Å². The Morgan fingerprint density at radius 2 is 1.71 bits per heavy atom. The number of hydrogen-bond acceptors (Lipinski definition) is 5. The number of ether oxygens (including phenoxy) is 1. The van der Waals surface area contributed by atoms with Crippen molar-refractivity contribution in [2.45, 2.75) is 38.2 Å². The van der Waals surface area contributed by atoms with Crippen LogP contribution >= 0.6 is 0 Å². The molecule has 8 heteroatoms. The van der Waals surface area contributed by atoms with Gasteiger partial charge in [0.2, 0.25) is 0 Å². The maximum atomic E-state index is 12.2. The lowest BCUT2D eigenvalue weighted by atomic mass is 10.1. The summed E-state index contributed by atoms with van der Waals surface area (Å²) in [4.78, 5) is 23.7. The Hall–Kier alpha value is -2.09. The lowest BCUT2D eigenvalue weighted by Gasteiger charge is -2.19. The maximum Gasteiger partial charge on any atom is 0.407 e. The third kappa shape index (κ3) is 6.57. The normalized spacial score (nSPS) is 11.7. The molecular weight excluding hydrogens is 332 g/mol. The fourth-order valence-electron chi connectivity index (χ4n) is 1.83. The van der Waals surface area contributed by atoms with E-state index in [1.54, 1.807) is 33.8 Å². The number of carbonyl (C=O) groups is 2. The summed E-state index contributed by atoms with van der Waals surface area (Å²) < 4.78 is 28.2. The second-order valence-corrected chi connectivity index (χ2v) is 8.45. The summed E-state index contributed by atoms with van der Waals surface area (Å²) in [6.07, 6.45) is 0.524. The van der Waals surface area contributed by atoms with Crippen LogP contribution in [0.15, 0.2) is 23.1 Å². The number of aryl methyl sites for hydroxylation is 1. The van der Waals surface area contributed by atoms with Crippen LogP contribution < -0.4 is 10.6 Å². The molecule has 0 bridgehead atoms. The topological polar surface area (TPSA) is 102 Å². The van der Waals surface area contributed by atoms with Gasteiger partial charge < -0.3 is 15.4 Å². The summed E-state index contributed by atoms with van der Waals surface area (Å²) in [7, 11) is -3.38. The zero-order valence-corrected chi connectivity index (χ0v) is 15.4. The van der Waals surface area contributed by atoms with Crippen LogP contribution in [0.25, 0.3) is 0 Å². The predicted molar refractivity (Wildman–Crippen MR) is 90.9 cm³/mol. The molecule has 0 aliphatic rings. The van der Waals surface area contributed by atoms with E-state index in [1.807, 2.05) is 0 Å². The zero-order chi connectivity index (χ0) is 18.5. The van der Waals surface area contributed by atoms with Crippen LogP contribution in [0.3, 0.4) is 0 Å². The molecule has 2 amide bonds. The Morgan fingerprint density at radius 1 is 1.12 bits per heavy atom. The molecule has 2 N–H and O–H groups in total. The van der Waals surface area contributed by atoms with Gasteiger partial charge in [-0.25, -0.2) is 13.2 Å². The summed E-state index contributed by atoms with van der Waals surface area (Å²) in [5.74, 6) is -0.399. The third-order valence-corrected chi connectivity index (χ3v) is 4.07. The Morgan fingerprint density at radius 3 is 2.25 bits per heavy atom. The number of carbonyl (C=O) groups excluding carboxylic acids is 2. The maximum absolute atomic E-state index is 12.2. The smallest absolute Gasteiger partial charge is 0.407 e. The van der Waals surface area contributed by atoms with Gasteiger partial charge in [-0.15, -0.1) is 0 Å². The fraction of sp³-hybridized carbons (Fsp3) is 0.500. The Balaban J connectivity index is 2.59. The first-order chi connectivity index (χ1) is 10.9. The second kappa shape index (κ2) is 7.65. The summed E-state index contributed by atoms with van der Waals surface area (Å²) in [5.41, 5.74) is 0.367. The average molecular weight is 356 g/mol. The van der Waals surface area contributed by atoms with Crippen molar-refractivity contribution in [3.8, 4) is 0 Å². The van der Waals surface area contributed by atoms with E-state index in [4.69, 9.17) is 4.74 Å². The van der Waals surface area contributed by atoms with Gasteiger partial charge in [0.25, 0.3) is 5.91 Å². The molecule has 0 atom stereocenters. The van der Waals surface area contributed by atoms with Gasteiger partial charge in [0.15, 0.2) is 9.84 Å². The molecule has 0 radical (unpaired) electrons.